The van der Waals surface area contributed by atoms with Gasteiger partial charge in [0.05, 0.1) is 6.35 Å². The molecule has 2 N–H and O–H groups in total. The monoisotopic (exact) mass is 139 g/mol. The third-order valence-corrected chi connectivity index (χ3v) is 2.08. The van der Waals surface area contributed by atoms with Gasteiger partial charge in [-0.2, -0.15) is 0 Å². The first-order valence-electron chi connectivity index (χ1n) is 2.18. The van der Waals surface area contributed by atoms with Gasteiger partial charge in [0.15, 0.2) is 0 Å². The van der Waals surface area contributed by atoms with E-state index in [0.717, 1.165) is 21.2 Å². The predicted octanol–water partition coefficient (Wildman–Crippen LogP) is 1.13. The Bertz CT molecular complexity index is 32.1. The number of nitrogens with two attached hydrogens (primary N) is 1. The van der Waals surface area contributed by atoms with Crippen molar-refractivity contribution in [1.29, 1.82) is 0 Å². The fourth-order valence-electron chi connectivity index (χ4n) is 0.195. The molecule has 0 aromatic carbocycles. The molecule has 0 rings (SSSR count). The second kappa shape index (κ2) is 6.78. The van der Waals surface area contributed by atoms with Crippen molar-refractivity contribution in [2.75, 3.05) is 13.0 Å². The maximum atomic E-state index is 5.23. The number of hydrogen-bond donors (Lipinski definition) is 1. The fraction of sp³-hybridized carbons (Fsp3) is 1.00. The average molecular weight is 139 g/mol. The molecule has 0 heterocycles. The van der Waals surface area contributed by atoms with Crippen LogP contribution in [0, 0.1) is 0 Å². The summed E-state index contributed by atoms with van der Waals surface area (Å²) in [6.45, 7) is 2.81. The van der Waals surface area contributed by atoms with Crippen molar-refractivity contribution < 1.29 is 4.74 Å². The largest absolute Gasteiger partial charge is 0.377 e. The average Bonchev–Trinajstić information content (AvgIpc) is 1.69. The van der Waals surface area contributed by atoms with Crippen LogP contribution in [0.25, 0.3) is 0 Å². The Morgan fingerprint density at radius 1 is 1.71 bits per heavy atom. The highest BCUT2D eigenvalue weighted by molar-refractivity contribution is 8.10. The topological polar surface area (TPSA) is 35.2 Å². The molecule has 0 aliphatic carbocycles. The summed E-state index contributed by atoms with van der Waals surface area (Å²) in [5.41, 5.74) is 5.23. The van der Waals surface area contributed by atoms with Crippen molar-refractivity contribution in [1.82, 2.24) is 0 Å². The van der Waals surface area contributed by atoms with Gasteiger partial charge in [0.25, 0.3) is 0 Å². The molecule has 0 spiro atoms. The Kier molecular flexibility index (Phi) is 7.54. The molecule has 0 saturated heterocycles. The van der Waals surface area contributed by atoms with Crippen LogP contribution in [0.4, 0.5) is 0 Å². The lowest BCUT2D eigenvalue weighted by Gasteiger charge is -1.95. The number of rotatable bonds is 4. The summed E-state index contributed by atoms with van der Waals surface area (Å²) in [4.78, 5) is 0. The molecule has 2 nitrogen and oxygen atoms in total. The minimum absolute atomic E-state index is 0.570. The summed E-state index contributed by atoms with van der Waals surface area (Å²) in [6.07, 6.45) is 0.853. The summed E-state index contributed by atoms with van der Waals surface area (Å²) in [6, 6.07) is 0. The number of ether oxygens (including phenoxy) is 1. The zero-order chi connectivity index (χ0) is 5.54. The zero-order valence-corrected chi connectivity index (χ0v) is 6.40. The van der Waals surface area contributed by atoms with Gasteiger partial charge in [0, 0.05) is 6.61 Å². The van der Waals surface area contributed by atoms with Gasteiger partial charge in [-0.05, 0) is 15.3 Å². The van der Waals surface area contributed by atoms with Crippen LogP contribution < -0.4 is 5.50 Å². The Labute approximate surface area is 47.7 Å². The van der Waals surface area contributed by atoms with Gasteiger partial charge in [-0.15, -0.1) is 0 Å². The van der Waals surface area contributed by atoms with E-state index >= 15 is 0 Å². The molecule has 2 unspecified atom stereocenters. The Hall–Kier alpha value is 0.780. The van der Waals surface area contributed by atoms with E-state index in [0.29, 0.717) is 8.42 Å². The van der Waals surface area contributed by atoms with Crippen molar-refractivity contribution in [3.05, 3.63) is 0 Å². The molecule has 0 aliphatic heterocycles. The lowest BCUT2D eigenvalue weighted by molar-refractivity contribution is 0.198. The standard InChI is InChI=1S/C3H11NOP2/c1-2-5-3-6-7-4/h6-7H,2-4H2,1H3. The summed E-state index contributed by atoms with van der Waals surface area (Å²) in [7, 11) is 1.38. The van der Waals surface area contributed by atoms with Crippen LogP contribution in [0.5, 0.6) is 0 Å². The highest BCUT2D eigenvalue weighted by Crippen LogP contribution is 2.28. The Morgan fingerprint density at radius 2 is 2.43 bits per heavy atom. The van der Waals surface area contributed by atoms with Gasteiger partial charge >= 0.3 is 0 Å². The SMILES string of the molecule is CCOCPPN. The molecule has 44 valence electrons. The van der Waals surface area contributed by atoms with Gasteiger partial charge in [-0.25, -0.2) is 0 Å². The van der Waals surface area contributed by atoms with Crippen molar-refractivity contribution in [2.45, 2.75) is 6.92 Å². The summed E-state index contributed by atoms with van der Waals surface area (Å²) >= 11 is 0. The zero-order valence-electron chi connectivity index (χ0n) is 4.40. The Balaban J connectivity index is 2.45. The molecule has 2 atom stereocenters. The number of hydrogen-bond acceptors (Lipinski definition) is 2. The summed E-state index contributed by atoms with van der Waals surface area (Å²) < 4.78 is 5.01. The molecule has 7 heavy (non-hydrogen) atoms. The van der Waals surface area contributed by atoms with Crippen molar-refractivity contribution >= 4 is 16.7 Å². The van der Waals surface area contributed by atoms with Crippen molar-refractivity contribution in [3.63, 3.8) is 0 Å². The third kappa shape index (κ3) is 6.78. The molecule has 0 aromatic rings. The quantitative estimate of drug-likeness (QED) is 0.468. The molecule has 0 bridgehead atoms. The van der Waals surface area contributed by atoms with Gasteiger partial charge in [-0.3, -0.25) is 0 Å². The molecular formula is C3H11NOP2. The minimum atomic E-state index is 0.570. The molecule has 4 heteroatoms. The van der Waals surface area contributed by atoms with Crippen molar-refractivity contribution in [3.8, 4) is 0 Å². The fourth-order valence-corrected chi connectivity index (χ4v) is 1.14. The highest BCUT2D eigenvalue weighted by Gasteiger charge is 1.77. The van der Waals surface area contributed by atoms with E-state index in [1.54, 1.807) is 0 Å². The first kappa shape index (κ1) is 7.78. The smallest absolute Gasteiger partial charge is 0.0680 e. The minimum Gasteiger partial charge on any atom is -0.377 e. The summed E-state index contributed by atoms with van der Waals surface area (Å²) in [5, 5.41) is 0. The normalized spacial score (nSPS) is 12.9. The van der Waals surface area contributed by atoms with Crippen LogP contribution >= 0.6 is 16.7 Å². The molecule has 0 fully saturated rings. The van der Waals surface area contributed by atoms with E-state index in [1.165, 1.54) is 0 Å². The third-order valence-electron chi connectivity index (χ3n) is 0.480. The van der Waals surface area contributed by atoms with Gasteiger partial charge in [0.2, 0.25) is 0 Å². The van der Waals surface area contributed by atoms with Crippen LogP contribution in [-0.4, -0.2) is 13.0 Å². The molecule has 0 amide bonds. The highest BCUT2D eigenvalue weighted by atomic mass is 32.0. The van der Waals surface area contributed by atoms with Gasteiger partial charge in [-0.1, -0.05) is 8.27 Å². The molecule has 0 radical (unpaired) electrons. The van der Waals surface area contributed by atoms with Crippen LogP contribution in [0.15, 0.2) is 0 Å². The molecule has 0 aliphatic rings. The maximum absolute atomic E-state index is 5.23. The van der Waals surface area contributed by atoms with E-state index < -0.39 is 0 Å². The predicted molar refractivity (Wildman–Crippen MR) is 37.3 cm³/mol. The molecular weight excluding hydrogens is 128 g/mol. The van der Waals surface area contributed by atoms with E-state index in [1.807, 2.05) is 6.92 Å². The second-order valence-electron chi connectivity index (χ2n) is 0.958. The first-order valence-corrected chi connectivity index (χ1v) is 5.46. The maximum Gasteiger partial charge on any atom is 0.0680 e. The molecule has 0 saturated carbocycles. The van der Waals surface area contributed by atoms with Crippen LogP contribution in [0.3, 0.4) is 0 Å². The van der Waals surface area contributed by atoms with E-state index in [4.69, 9.17) is 10.2 Å². The lowest BCUT2D eigenvalue weighted by atomic mass is 10.9. The summed E-state index contributed by atoms with van der Waals surface area (Å²) in [5.74, 6) is 0. The van der Waals surface area contributed by atoms with Gasteiger partial charge < -0.3 is 10.2 Å². The first-order chi connectivity index (χ1) is 3.41. The molecule has 0 aromatic heterocycles. The van der Waals surface area contributed by atoms with E-state index in [9.17, 15) is 0 Å². The van der Waals surface area contributed by atoms with Crippen LogP contribution in [-0.2, 0) is 4.74 Å². The van der Waals surface area contributed by atoms with Crippen molar-refractivity contribution in [2.24, 2.45) is 5.50 Å². The Morgan fingerprint density at radius 3 is 2.86 bits per heavy atom. The van der Waals surface area contributed by atoms with Crippen LogP contribution in [0.2, 0.25) is 0 Å². The van der Waals surface area contributed by atoms with E-state index in [2.05, 4.69) is 0 Å². The van der Waals surface area contributed by atoms with Gasteiger partial charge in [0.1, 0.15) is 0 Å². The van der Waals surface area contributed by atoms with E-state index in [-0.39, 0.29) is 0 Å². The van der Waals surface area contributed by atoms with Crippen LogP contribution in [0.1, 0.15) is 6.92 Å². The second-order valence-corrected chi connectivity index (χ2v) is 3.82. The lowest BCUT2D eigenvalue weighted by Crippen LogP contribution is -1.83.